The number of cyclic esters (lactones) is 1. The summed E-state index contributed by atoms with van der Waals surface area (Å²) in [7, 11) is 0. The van der Waals surface area contributed by atoms with E-state index in [1.54, 1.807) is 32.0 Å². The highest BCUT2D eigenvalue weighted by Gasteiger charge is 2.38. The molecule has 3 aromatic rings. The van der Waals surface area contributed by atoms with E-state index in [0.29, 0.717) is 11.4 Å². The molecule has 0 spiro atoms. The largest absolute Gasteiger partial charge is 0.447 e. The first-order valence-electron chi connectivity index (χ1n) is 9.25. The second-order valence-corrected chi connectivity index (χ2v) is 6.81. The van der Waals surface area contributed by atoms with Crippen molar-refractivity contribution >= 4 is 17.9 Å². The molecule has 3 heterocycles. The number of aliphatic hydroxyl groups excluding tert-OH is 1. The molecule has 0 radical (unpaired) electrons. The van der Waals surface area contributed by atoms with Gasteiger partial charge in [-0.25, -0.2) is 14.2 Å². The Kier molecular flexibility index (Phi) is 5.27. The van der Waals surface area contributed by atoms with Crippen LogP contribution in [-0.4, -0.2) is 50.1 Å². The molecule has 3 atom stereocenters. The lowest BCUT2D eigenvalue weighted by atomic mass is 10.2. The monoisotopic (exact) mass is 414 g/mol. The van der Waals surface area contributed by atoms with Crippen LogP contribution in [-0.2, 0) is 4.74 Å². The summed E-state index contributed by atoms with van der Waals surface area (Å²) >= 11 is 0. The van der Waals surface area contributed by atoms with E-state index >= 15 is 0 Å². The standard InChI is InChI=1S/C19H19FN6O4/c1-10(16-24-25-17(30-16)12-3-5-13(20)6-4-12)22-18-21-8-7-15(23-18)26-14(11(2)27)9-29-19(26)28/h3-8,10-11,14,27H,9H2,1-2H3,(H,21,22,23)/t10-,11+,14?/m0/s1. The van der Waals surface area contributed by atoms with Gasteiger partial charge in [-0.05, 0) is 44.2 Å². The van der Waals surface area contributed by atoms with E-state index in [2.05, 4.69) is 25.5 Å². The average Bonchev–Trinajstić information content (AvgIpc) is 3.36. The topological polar surface area (TPSA) is 127 Å². The van der Waals surface area contributed by atoms with Crippen molar-refractivity contribution in [1.82, 2.24) is 20.2 Å². The number of nitrogens with zero attached hydrogens (tertiary/aromatic N) is 5. The molecule has 0 aliphatic carbocycles. The van der Waals surface area contributed by atoms with Crippen molar-refractivity contribution < 1.29 is 23.4 Å². The molecule has 30 heavy (non-hydrogen) atoms. The van der Waals surface area contributed by atoms with Gasteiger partial charge in [0.2, 0.25) is 17.7 Å². The summed E-state index contributed by atoms with van der Waals surface area (Å²) in [6.45, 7) is 3.44. The zero-order valence-electron chi connectivity index (χ0n) is 16.2. The first kappa shape index (κ1) is 19.7. The molecule has 1 aromatic carbocycles. The third-order valence-corrected chi connectivity index (χ3v) is 4.60. The van der Waals surface area contributed by atoms with Crippen molar-refractivity contribution in [3.05, 3.63) is 48.2 Å². The van der Waals surface area contributed by atoms with Gasteiger partial charge in [0.15, 0.2) is 0 Å². The van der Waals surface area contributed by atoms with Gasteiger partial charge in [-0.3, -0.25) is 4.90 Å². The van der Waals surface area contributed by atoms with Gasteiger partial charge in [-0.2, -0.15) is 4.98 Å². The van der Waals surface area contributed by atoms with Crippen LogP contribution < -0.4 is 10.2 Å². The first-order chi connectivity index (χ1) is 14.4. The van der Waals surface area contributed by atoms with Crippen LogP contribution >= 0.6 is 0 Å². The van der Waals surface area contributed by atoms with Gasteiger partial charge in [0, 0.05) is 11.8 Å². The minimum absolute atomic E-state index is 0.0772. The fraction of sp³-hybridized carbons (Fsp3) is 0.316. The quantitative estimate of drug-likeness (QED) is 0.625. The number of carbonyl (C=O) groups is 1. The molecule has 1 fully saturated rings. The Morgan fingerprint density at radius 2 is 2.00 bits per heavy atom. The predicted molar refractivity (Wildman–Crippen MR) is 103 cm³/mol. The Morgan fingerprint density at radius 3 is 2.73 bits per heavy atom. The Balaban J connectivity index is 1.50. The molecule has 0 bridgehead atoms. The number of amides is 1. The van der Waals surface area contributed by atoms with E-state index < -0.39 is 24.3 Å². The van der Waals surface area contributed by atoms with Crippen LogP contribution in [0.1, 0.15) is 25.8 Å². The summed E-state index contributed by atoms with van der Waals surface area (Å²) in [6, 6.07) is 6.29. The number of nitrogens with one attached hydrogen (secondary N) is 1. The van der Waals surface area contributed by atoms with E-state index in [9.17, 15) is 14.3 Å². The molecule has 2 aromatic heterocycles. The van der Waals surface area contributed by atoms with E-state index in [1.165, 1.54) is 23.2 Å². The average molecular weight is 414 g/mol. The van der Waals surface area contributed by atoms with Gasteiger partial charge in [0.05, 0.1) is 6.10 Å². The summed E-state index contributed by atoms with van der Waals surface area (Å²) in [6.07, 6.45) is 0.115. The summed E-state index contributed by atoms with van der Waals surface area (Å²) in [5.74, 6) is 0.708. The van der Waals surface area contributed by atoms with E-state index in [4.69, 9.17) is 9.15 Å². The number of aliphatic hydroxyl groups is 1. The number of rotatable bonds is 6. The molecule has 11 heteroatoms. The summed E-state index contributed by atoms with van der Waals surface area (Å²) in [5, 5.41) is 20.9. The Bertz CT molecular complexity index is 1040. The fourth-order valence-corrected chi connectivity index (χ4v) is 2.98. The van der Waals surface area contributed by atoms with Crippen molar-refractivity contribution in [2.24, 2.45) is 0 Å². The zero-order chi connectivity index (χ0) is 21.3. The Hall–Kier alpha value is -3.60. The van der Waals surface area contributed by atoms with Gasteiger partial charge in [-0.15, -0.1) is 10.2 Å². The highest BCUT2D eigenvalue weighted by Crippen LogP contribution is 2.26. The van der Waals surface area contributed by atoms with Crippen LogP contribution in [0.25, 0.3) is 11.5 Å². The molecule has 1 aliphatic heterocycles. The lowest BCUT2D eigenvalue weighted by Gasteiger charge is -2.22. The molecule has 1 unspecified atom stereocenters. The number of carbonyl (C=O) groups excluding carboxylic acids is 1. The number of anilines is 2. The van der Waals surface area contributed by atoms with Crippen LogP contribution in [0.2, 0.25) is 0 Å². The molecule has 1 saturated heterocycles. The Morgan fingerprint density at radius 1 is 1.23 bits per heavy atom. The molecule has 10 nitrogen and oxygen atoms in total. The molecular formula is C19H19FN6O4. The maximum Gasteiger partial charge on any atom is 0.416 e. The number of hydrogen-bond acceptors (Lipinski definition) is 9. The second kappa shape index (κ2) is 8.03. The van der Waals surface area contributed by atoms with E-state index in [1.807, 2.05) is 0 Å². The number of benzene rings is 1. The number of hydrogen-bond donors (Lipinski definition) is 2. The third-order valence-electron chi connectivity index (χ3n) is 4.60. The van der Waals surface area contributed by atoms with Crippen molar-refractivity contribution in [2.45, 2.75) is 32.0 Å². The minimum atomic E-state index is -0.787. The van der Waals surface area contributed by atoms with Gasteiger partial charge < -0.3 is 19.6 Å². The molecule has 2 N–H and O–H groups in total. The molecule has 0 saturated carbocycles. The van der Waals surface area contributed by atoms with Crippen molar-refractivity contribution in [1.29, 1.82) is 0 Å². The van der Waals surface area contributed by atoms with Gasteiger partial charge >= 0.3 is 6.09 Å². The summed E-state index contributed by atoms with van der Waals surface area (Å²) in [5.41, 5.74) is 0.595. The smallest absolute Gasteiger partial charge is 0.416 e. The normalized spacial score (nSPS) is 18.2. The van der Waals surface area contributed by atoms with Crippen molar-refractivity contribution in [3.8, 4) is 11.5 Å². The highest BCUT2D eigenvalue weighted by atomic mass is 19.1. The number of ether oxygens (including phenoxy) is 1. The number of aromatic nitrogens is 4. The van der Waals surface area contributed by atoms with Crippen LogP contribution in [0.15, 0.2) is 40.9 Å². The van der Waals surface area contributed by atoms with Crippen LogP contribution in [0.4, 0.5) is 21.0 Å². The minimum Gasteiger partial charge on any atom is -0.447 e. The predicted octanol–water partition coefficient (Wildman–Crippen LogP) is 2.54. The van der Waals surface area contributed by atoms with E-state index in [0.717, 1.165) is 0 Å². The highest BCUT2D eigenvalue weighted by molar-refractivity contribution is 5.89. The molecule has 1 amide bonds. The zero-order valence-corrected chi connectivity index (χ0v) is 16.2. The lowest BCUT2D eigenvalue weighted by molar-refractivity contribution is 0.142. The fourth-order valence-electron chi connectivity index (χ4n) is 2.98. The maximum atomic E-state index is 13.1. The SMILES string of the molecule is C[C@H](Nc1nccc(N2C(=O)OCC2[C@@H](C)O)n1)c1nnc(-c2ccc(F)cc2)o1. The third kappa shape index (κ3) is 3.92. The molecule has 1 aliphatic rings. The molecular weight excluding hydrogens is 395 g/mol. The summed E-state index contributed by atoms with van der Waals surface area (Å²) < 4.78 is 23.8. The first-order valence-corrected chi connectivity index (χ1v) is 9.25. The van der Waals surface area contributed by atoms with Gasteiger partial charge in [0.1, 0.15) is 30.3 Å². The van der Waals surface area contributed by atoms with Gasteiger partial charge in [0.25, 0.3) is 0 Å². The Labute approximate surface area is 170 Å². The molecule has 4 rings (SSSR count). The summed E-state index contributed by atoms with van der Waals surface area (Å²) in [4.78, 5) is 21.8. The second-order valence-electron chi connectivity index (χ2n) is 6.81. The van der Waals surface area contributed by atoms with Crippen molar-refractivity contribution in [2.75, 3.05) is 16.8 Å². The van der Waals surface area contributed by atoms with Gasteiger partial charge in [-0.1, -0.05) is 0 Å². The maximum absolute atomic E-state index is 13.1. The van der Waals surface area contributed by atoms with Crippen LogP contribution in [0.3, 0.4) is 0 Å². The van der Waals surface area contributed by atoms with E-state index in [-0.39, 0.29) is 30.2 Å². The van der Waals surface area contributed by atoms with Crippen LogP contribution in [0, 0.1) is 5.82 Å². The lowest BCUT2D eigenvalue weighted by Crippen LogP contribution is -2.41. The molecule has 156 valence electrons. The van der Waals surface area contributed by atoms with Crippen LogP contribution in [0.5, 0.6) is 0 Å². The number of halogens is 1. The van der Waals surface area contributed by atoms with Crippen molar-refractivity contribution in [3.63, 3.8) is 0 Å².